The molecule has 0 amide bonds. The molecular weight excluding hydrogens is 328 g/mol. The summed E-state index contributed by atoms with van der Waals surface area (Å²) < 4.78 is 1.97. The molecule has 25 heavy (non-hydrogen) atoms. The topological polar surface area (TPSA) is 34.9 Å². The molecule has 1 aliphatic carbocycles. The Kier molecular flexibility index (Phi) is 4.62. The number of nitrogens with zero attached hydrogens (tertiary/aromatic N) is 2. The van der Waals surface area contributed by atoms with Gasteiger partial charge in [-0.1, -0.05) is 61.0 Å². The lowest BCUT2D eigenvalue weighted by Gasteiger charge is -2.18. The lowest BCUT2D eigenvalue weighted by atomic mass is 10.1. The summed E-state index contributed by atoms with van der Waals surface area (Å²) in [6.07, 6.45) is 4.56. The van der Waals surface area contributed by atoms with Crippen molar-refractivity contribution in [3.63, 3.8) is 0 Å². The molecule has 0 atom stereocenters. The first-order valence-electron chi connectivity index (χ1n) is 8.92. The molecule has 0 unspecified atom stereocenters. The minimum atomic E-state index is 0.116. The molecule has 0 bridgehead atoms. The number of hydrogen-bond donors (Lipinski definition) is 0. The molecule has 3 nitrogen and oxygen atoms in total. The quantitative estimate of drug-likeness (QED) is 0.484. The fourth-order valence-electron chi connectivity index (χ4n) is 3.63. The smallest absolute Gasteiger partial charge is 0.262 e. The minimum Gasteiger partial charge on any atom is -0.284 e. The van der Waals surface area contributed by atoms with Crippen LogP contribution in [0.15, 0.2) is 58.5 Å². The number of hydrogen-bond acceptors (Lipinski definition) is 3. The second kappa shape index (κ2) is 7.04. The Bertz CT molecular complexity index is 958. The van der Waals surface area contributed by atoms with E-state index in [2.05, 4.69) is 31.2 Å². The number of aromatic nitrogens is 2. The molecule has 0 N–H and O–H groups in total. The van der Waals surface area contributed by atoms with E-state index in [-0.39, 0.29) is 5.56 Å². The first-order chi connectivity index (χ1) is 12.2. The van der Waals surface area contributed by atoms with Crippen molar-refractivity contribution in [1.29, 1.82) is 0 Å². The standard InChI is InChI=1S/C21H22N2OS/c1-15-8-2-3-9-16(15)14-25-21-22-19-13-7-6-12-18(19)20(24)23(21)17-10-4-5-11-17/h2-3,6-9,12-13,17H,4-5,10-11,14H2,1H3. The van der Waals surface area contributed by atoms with E-state index in [1.54, 1.807) is 11.8 Å². The zero-order chi connectivity index (χ0) is 17.2. The molecule has 3 aromatic rings. The predicted molar refractivity (Wildman–Crippen MR) is 104 cm³/mol. The van der Waals surface area contributed by atoms with Crippen molar-refractivity contribution in [1.82, 2.24) is 9.55 Å². The maximum Gasteiger partial charge on any atom is 0.262 e. The molecule has 0 aliphatic heterocycles. The Balaban J connectivity index is 1.77. The van der Waals surface area contributed by atoms with Gasteiger partial charge in [0.1, 0.15) is 0 Å². The van der Waals surface area contributed by atoms with E-state index in [0.29, 0.717) is 6.04 Å². The second-order valence-electron chi connectivity index (χ2n) is 6.74. The van der Waals surface area contributed by atoms with Gasteiger partial charge in [-0.2, -0.15) is 0 Å². The number of aryl methyl sites for hydroxylation is 1. The Morgan fingerprint density at radius 1 is 1.08 bits per heavy atom. The summed E-state index contributed by atoms with van der Waals surface area (Å²) in [6.45, 7) is 2.13. The van der Waals surface area contributed by atoms with Gasteiger partial charge >= 0.3 is 0 Å². The molecule has 1 saturated carbocycles. The highest BCUT2D eigenvalue weighted by Crippen LogP contribution is 2.33. The van der Waals surface area contributed by atoms with Crippen LogP contribution >= 0.6 is 11.8 Å². The van der Waals surface area contributed by atoms with Crippen LogP contribution in [-0.2, 0) is 5.75 Å². The van der Waals surface area contributed by atoms with E-state index in [9.17, 15) is 4.79 Å². The van der Waals surface area contributed by atoms with Crippen molar-refractivity contribution < 1.29 is 0 Å². The van der Waals surface area contributed by atoms with Crippen LogP contribution < -0.4 is 5.56 Å². The van der Waals surface area contributed by atoms with Gasteiger partial charge in [-0.15, -0.1) is 0 Å². The normalized spacial score (nSPS) is 15.1. The SMILES string of the molecule is Cc1ccccc1CSc1nc2ccccc2c(=O)n1C1CCCC1. The number of para-hydroxylation sites is 1. The molecule has 0 saturated heterocycles. The maximum absolute atomic E-state index is 13.1. The van der Waals surface area contributed by atoms with Gasteiger partial charge < -0.3 is 0 Å². The zero-order valence-corrected chi connectivity index (χ0v) is 15.3. The molecule has 1 fully saturated rings. The Morgan fingerprint density at radius 2 is 1.80 bits per heavy atom. The highest BCUT2D eigenvalue weighted by Gasteiger charge is 2.23. The highest BCUT2D eigenvalue weighted by molar-refractivity contribution is 7.98. The van der Waals surface area contributed by atoms with E-state index in [1.165, 1.54) is 24.0 Å². The molecule has 1 aromatic heterocycles. The number of fused-ring (bicyclic) bond motifs is 1. The van der Waals surface area contributed by atoms with Crippen LogP contribution in [0.25, 0.3) is 10.9 Å². The van der Waals surface area contributed by atoms with Crippen LogP contribution in [0.1, 0.15) is 42.9 Å². The third-order valence-electron chi connectivity index (χ3n) is 5.08. The molecule has 0 radical (unpaired) electrons. The molecule has 1 aliphatic rings. The largest absolute Gasteiger partial charge is 0.284 e. The minimum absolute atomic E-state index is 0.116. The van der Waals surface area contributed by atoms with Gasteiger partial charge in [0, 0.05) is 11.8 Å². The molecule has 4 heteroatoms. The lowest BCUT2D eigenvalue weighted by molar-refractivity contribution is 0.457. The average molecular weight is 350 g/mol. The second-order valence-corrected chi connectivity index (χ2v) is 7.68. The molecule has 2 aromatic carbocycles. The van der Waals surface area contributed by atoms with Gasteiger partial charge in [-0.05, 0) is 43.0 Å². The number of thioether (sulfide) groups is 1. The molecule has 1 heterocycles. The van der Waals surface area contributed by atoms with Crippen LogP contribution in [0.2, 0.25) is 0 Å². The Morgan fingerprint density at radius 3 is 2.60 bits per heavy atom. The van der Waals surface area contributed by atoms with Crippen LogP contribution in [-0.4, -0.2) is 9.55 Å². The Hall–Kier alpha value is -2.07. The van der Waals surface area contributed by atoms with E-state index >= 15 is 0 Å². The summed E-state index contributed by atoms with van der Waals surface area (Å²) in [6, 6.07) is 16.4. The summed E-state index contributed by atoms with van der Waals surface area (Å²) in [5, 5.41) is 1.59. The monoisotopic (exact) mass is 350 g/mol. The zero-order valence-electron chi connectivity index (χ0n) is 14.4. The van der Waals surface area contributed by atoms with E-state index in [1.807, 2.05) is 28.8 Å². The van der Waals surface area contributed by atoms with Crippen molar-refractivity contribution in [3.05, 3.63) is 70.0 Å². The van der Waals surface area contributed by atoms with Gasteiger partial charge in [-0.25, -0.2) is 4.98 Å². The van der Waals surface area contributed by atoms with Crippen molar-refractivity contribution in [2.24, 2.45) is 0 Å². The molecule has 0 spiro atoms. The van der Waals surface area contributed by atoms with E-state index in [4.69, 9.17) is 4.98 Å². The molecule has 4 rings (SSSR count). The summed E-state index contributed by atoms with van der Waals surface area (Å²) in [5.41, 5.74) is 3.50. The fraction of sp³-hybridized carbons (Fsp3) is 0.333. The predicted octanol–water partition coefficient (Wildman–Crippen LogP) is 5.11. The third-order valence-corrected chi connectivity index (χ3v) is 6.08. The average Bonchev–Trinajstić information content (AvgIpc) is 3.15. The summed E-state index contributed by atoms with van der Waals surface area (Å²) in [7, 11) is 0. The fourth-order valence-corrected chi connectivity index (χ4v) is 4.77. The Labute approximate surface area is 152 Å². The first-order valence-corrected chi connectivity index (χ1v) is 9.91. The van der Waals surface area contributed by atoms with E-state index < -0.39 is 0 Å². The van der Waals surface area contributed by atoms with Crippen LogP contribution in [0.3, 0.4) is 0 Å². The van der Waals surface area contributed by atoms with Gasteiger partial charge in [0.2, 0.25) is 0 Å². The van der Waals surface area contributed by atoms with Gasteiger partial charge in [0.25, 0.3) is 5.56 Å². The van der Waals surface area contributed by atoms with Crippen molar-refractivity contribution in [2.45, 2.75) is 49.6 Å². The number of rotatable bonds is 4. The first kappa shape index (κ1) is 16.4. The number of benzene rings is 2. The van der Waals surface area contributed by atoms with Crippen molar-refractivity contribution in [3.8, 4) is 0 Å². The van der Waals surface area contributed by atoms with E-state index in [0.717, 1.165) is 34.7 Å². The van der Waals surface area contributed by atoms with Crippen molar-refractivity contribution in [2.75, 3.05) is 0 Å². The summed E-state index contributed by atoms with van der Waals surface area (Å²) >= 11 is 1.68. The molecule has 128 valence electrons. The third kappa shape index (κ3) is 3.23. The van der Waals surface area contributed by atoms with Crippen LogP contribution in [0, 0.1) is 6.92 Å². The van der Waals surface area contributed by atoms with Crippen LogP contribution in [0.5, 0.6) is 0 Å². The summed E-state index contributed by atoms with van der Waals surface area (Å²) in [5.74, 6) is 0.837. The van der Waals surface area contributed by atoms with Gasteiger partial charge in [0.15, 0.2) is 5.16 Å². The summed E-state index contributed by atoms with van der Waals surface area (Å²) in [4.78, 5) is 18.0. The van der Waals surface area contributed by atoms with Gasteiger partial charge in [-0.3, -0.25) is 9.36 Å². The van der Waals surface area contributed by atoms with Crippen molar-refractivity contribution >= 4 is 22.7 Å². The van der Waals surface area contributed by atoms with Gasteiger partial charge in [0.05, 0.1) is 10.9 Å². The lowest BCUT2D eigenvalue weighted by Crippen LogP contribution is -2.26. The maximum atomic E-state index is 13.1. The van der Waals surface area contributed by atoms with Crippen LogP contribution in [0.4, 0.5) is 0 Å². The molecular formula is C21H22N2OS. The highest BCUT2D eigenvalue weighted by atomic mass is 32.2.